The second-order valence-corrected chi connectivity index (χ2v) is 7.77. The largest absolute Gasteiger partial charge is 0.396 e. The molecule has 0 radical (unpaired) electrons. The lowest BCUT2D eigenvalue weighted by Crippen LogP contribution is -2.14. The van der Waals surface area contributed by atoms with Crippen LogP contribution in [0.5, 0.6) is 0 Å². The van der Waals surface area contributed by atoms with E-state index in [4.69, 9.17) is 4.98 Å². The third-order valence-electron chi connectivity index (χ3n) is 3.65. The fourth-order valence-electron chi connectivity index (χ4n) is 2.37. The summed E-state index contributed by atoms with van der Waals surface area (Å²) in [5.74, 6) is 0.241. The van der Waals surface area contributed by atoms with Gasteiger partial charge in [0.25, 0.3) is 0 Å². The normalized spacial score (nSPS) is 13.4. The molecule has 0 spiro atoms. The Hall–Kier alpha value is -1.19. The zero-order chi connectivity index (χ0) is 15.5. The molecule has 2 aromatic rings. The number of thiazole rings is 1. The maximum atomic E-state index is 9.66. The fourth-order valence-corrected chi connectivity index (χ4v) is 3.51. The SMILES string of the molecule is Cc1cccc(CC(CO)Cc2nc(C(C)(C)C)cs2)c1. The summed E-state index contributed by atoms with van der Waals surface area (Å²) < 4.78 is 0. The predicted octanol–water partition coefficient (Wildman–Crippen LogP) is 4.14. The molecule has 2 rings (SSSR count). The molecule has 2 nitrogen and oxygen atoms in total. The number of hydrogen-bond donors (Lipinski definition) is 1. The van der Waals surface area contributed by atoms with E-state index in [9.17, 15) is 5.11 Å². The van der Waals surface area contributed by atoms with Crippen molar-refractivity contribution in [1.82, 2.24) is 4.98 Å². The van der Waals surface area contributed by atoms with E-state index in [1.807, 2.05) is 0 Å². The van der Waals surface area contributed by atoms with Crippen molar-refractivity contribution in [3.8, 4) is 0 Å². The van der Waals surface area contributed by atoms with Crippen molar-refractivity contribution in [2.75, 3.05) is 6.61 Å². The van der Waals surface area contributed by atoms with E-state index in [1.165, 1.54) is 11.1 Å². The summed E-state index contributed by atoms with van der Waals surface area (Å²) >= 11 is 1.71. The summed E-state index contributed by atoms with van der Waals surface area (Å²) in [6.45, 7) is 8.86. The average Bonchev–Trinajstić information content (AvgIpc) is 2.86. The van der Waals surface area contributed by atoms with Crippen molar-refractivity contribution in [3.63, 3.8) is 0 Å². The quantitative estimate of drug-likeness (QED) is 0.900. The minimum Gasteiger partial charge on any atom is -0.396 e. The van der Waals surface area contributed by atoms with Crippen LogP contribution in [0.4, 0.5) is 0 Å². The minimum atomic E-state index is 0.0972. The van der Waals surface area contributed by atoms with Crippen LogP contribution < -0.4 is 0 Å². The Morgan fingerprint density at radius 2 is 2.00 bits per heavy atom. The molecule has 1 unspecified atom stereocenters. The van der Waals surface area contributed by atoms with Gasteiger partial charge in [-0.3, -0.25) is 0 Å². The summed E-state index contributed by atoms with van der Waals surface area (Å²) in [6.07, 6.45) is 1.76. The van der Waals surface area contributed by atoms with Crippen molar-refractivity contribution in [2.45, 2.75) is 46.0 Å². The topological polar surface area (TPSA) is 33.1 Å². The standard InChI is InChI=1S/C18H25NOS/c1-13-6-5-7-14(8-13)9-15(11-20)10-17-19-16(12-21-17)18(2,3)4/h5-8,12,15,20H,9-11H2,1-4H3. The highest BCUT2D eigenvalue weighted by Crippen LogP contribution is 2.25. The molecule has 0 saturated heterocycles. The zero-order valence-corrected chi connectivity index (χ0v) is 14.2. The van der Waals surface area contributed by atoms with Gasteiger partial charge in [0.15, 0.2) is 0 Å². The van der Waals surface area contributed by atoms with Crippen molar-refractivity contribution in [1.29, 1.82) is 0 Å². The molecule has 0 aliphatic heterocycles. The summed E-state index contributed by atoms with van der Waals surface area (Å²) in [6, 6.07) is 8.53. The molecule has 3 heteroatoms. The molecule has 0 bridgehead atoms. The first-order valence-corrected chi connectivity index (χ1v) is 8.37. The molecule has 1 heterocycles. The Morgan fingerprint density at radius 1 is 1.24 bits per heavy atom. The summed E-state index contributed by atoms with van der Waals surface area (Å²) in [5, 5.41) is 12.9. The van der Waals surface area contributed by atoms with Gasteiger partial charge in [0.1, 0.15) is 0 Å². The number of nitrogens with zero attached hydrogens (tertiary/aromatic N) is 1. The number of rotatable bonds is 5. The van der Waals surface area contributed by atoms with Crippen LogP contribution in [0.15, 0.2) is 29.6 Å². The molecule has 1 aromatic carbocycles. The third-order valence-corrected chi connectivity index (χ3v) is 4.52. The van der Waals surface area contributed by atoms with Crippen LogP contribution in [0.25, 0.3) is 0 Å². The molecule has 0 aliphatic rings. The van der Waals surface area contributed by atoms with Gasteiger partial charge in [0.05, 0.1) is 10.7 Å². The molecule has 0 fully saturated rings. The van der Waals surface area contributed by atoms with Crippen LogP contribution in [0, 0.1) is 12.8 Å². The monoisotopic (exact) mass is 303 g/mol. The molecule has 114 valence electrons. The predicted molar refractivity (Wildman–Crippen MR) is 90.0 cm³/mol. The maximum Gasteiger partial charge on any atom is 0.0932 e. The fraction of sp³-hybridized carbons (Fsp3) is 0.500. The first kappa shape index (κ1) is 16.2. The number of aromatic nitrogens is 1. The number of aliphatic hydroxyl groups is 1. The Labute approximate surface area is 131 Å². The Bertz CT molecular complexity index is 583. The van der Waals surface area contributed by atoms with Gasteiger partial charge in [-0.25, -0.2) is 4.98 Å². The first-order valence-electron chi connectivity index (χ1n) is 7.50. The van der Waals surface area contributed by atoms with Crippen LogP contribution in [0.2, 0.25) is 0 Å². The highest BCUT2D eigenvalue weighted by Gasteiger charge is 2.19. The lowest BCUT2D eigenvalue weighted by Gasteiger charge is -2.15. The van der Waals surface area contributed by atoms with E-state index < -0.39 is 0 Å². The van der Waals surface area contributed by atoms with Gasteiger partial charge in [-0.2, -0.15) is 0 Å². The van der Waals surface area contributed by atoms with Gasteiger partial charge in [0, 0.05) is 23.8 Å². The van der Waals surface area contributed by atoms with E-state index in [0.29, 0.717) is 0 Å². The maximum absolute atomic E-state index is 9.66. The highest BCUT2D eigenvalue weighted by molar-refractivity contribution is 7.09. The van der Waals surface area contributed by atoms with Gasteiger partial charge in [0.2, 0.25) is 0 Å². The third kappa shape index (κ3) is 4.65. The lowest BCUT2D eigenvalue weighted by atomic mass is 9.93. The van der Waals surface area contributed by atoms with Crippen molar-refractivity contribution >= 4 is 11.3 Å². The number of benzene rings is 1. The summed E-state index contributed by atoms with van der Waals surface area (Å²) in [7, 11) is 0. The Balaban J connectivity index is 2.04. The van der Waals surface area contributed by atoms with E-state index >= 15 is 0 Å². The number of hydrogen-bond acceptors (Lipinski definition) is 3. The highest BCUT2D eigenvalue weighted by atomic mass is 32.1. The summed E-state index contributed by atoms with van der Waals surface area (Å²) in [5.41, 5.74) is 3.81. The molecule has 0 saturated carbocycles. The molecule has 1 N–H and O–H groups in total. The number of aliphatic hydroxyl groups excluding tert-OH is 1. The minimum absolute atomic E-state index is 0.0972. The van der Waals surface area contributed by atoms with Crippen LogP contribution in [-0.2, 0) is 18.3 Å². The molecule has 0 aliphatic carbocycles. The molecule has 1 aromatic heterocycles. The van der Waals surface area contributed by atoms with E-state index in [0.717, 1.165) is 23.5 Å². The van der Waals surface area contributed by atoms with Gasteiger partial charge in [-0.05, 0) is 24.8 Å². The number of aryl methyl sites for hydroxylation is 1. The average molecular weight is 303 g/mol. The summed E-state index contributed by atoms with van der Waals surface area (Å²) in [4.78, 5) is 4.74. The molecule has 0 amide bonds. The van der Waals surface area contributed by atoms with Crippen LogP contribution in [0.3, 0.4) is 0 Å². The smallest absolute Gasteiger partial charge is 0.0932 e. The molecular formula is C18H25NOS. The van der Waals surface area contributed by atoms with Gasteiger partial charge >= 0.3 is 0 Å². The van der Waals surface area contributed by atoms with Crippen LogP contribution in [0.1, 0.15) is 42.6 Å². The van der Waals surface area contributed by atoms with Gasteiger partial charge in [-0.1, -0.05) is 50.6 Å². The second-order valence-electron chi connectivity index (χ2n) is 6.82. The van der Waals surface area contributed by atoms with E-state index in [-0.39, 0.29) is 17.9 Å². The van der Waals surface area contributed by atoms with Gasteiger partial charge < -0.3 is 5.11 Å². The first-order chi connectivity index (χ1) is 9.88. The van der Waals surface area contributed by atoms with Crippen LogP contribution >= 0.6 is 11.3 Å². The zero-order valence-electron chi connectivity index (χ0n) is 13.4. The van der Waals surface area contributed by atoms with Crippen LogP contribution in [-0.4, -0.2) is 16.7 Å². The van der Waals surface area contributed by atoms with Crippen molar-refractivity contribution in [2.24, 2.45) is 5.92 Å². The second kappa shape index (κ2) is 6.71. The van der Waals surface area contributed by atoms with Gasteiger partial charge in [-0.15, -0.1) is 11.3 Å². The Morgan fingerprint density at radius 3 is 2.57 bits per heavy atom. The van der Waals surface area contributed by atoms with E-state index in [2.05, 4.69) is 57.3 Å². The molecule has 1 atom stereocenters. The van der Waals surface area contributed by atoms with Crippen molar-refractivity contribution < 1.29 is 5.11 Å². The van der Waals surface area contributed by atoms with E-state index in [1.54, 1.807) is 11.3 Å². The van der Waals surface area contributed by atoms with Crippen molar-refractivity contribution in [3.05, 3.63) is 51.5 Å². The molecular weight excluding hydrogens is 278 g/mol. The Kier molecular flexibility index (Phi) is 5.17. The lowest BCUT2D eigenvalue weighted by molar-refractivity contribution is 0.225. The molecule has 21 heavy (non-hydrogen) atoms.